The van der Waals surface area contributed by atoms with Gasteiger partial charge in [-0.2, -0.15) is 0 Å². The van der Waals surface area contributed by atoms with E-state index >= 15 is 0 Å². The van der Waals surface area contributed by atoms with Crippen molar-refractivity contribution in [1.29, 1.82) is 0 Å². The Morgan fingerprint density at radius 2 is 1.83 bits per heavy atom. The lowest BCUT2D eigenvalue weighted by Gasteiger charge is -2.46. The van der Waals surface area contributed by atoms with Crippen LogP contribution in [0.1, 0.15) is 13.3 Å². The van der Waals surface area contributed by atoms with Crippen LogP contribution in [0.3, 0.4) is 0 Å². The van der Waals surface area contributed by atoms with Crippen LogP contribution in [0.4, 0.5) is 0 Å². The fraction of sp³-hybridized carbons (Fsp3) is 1.00. The van der Waals surface area contributed by atoms with Crippen molar-refractivity contribution >= 4 is 9.84 Å². The summed E-state index contributed by atoms with van der Waals surface area (Å²) in [6.07, 6.45) is 0.728. The molecule has 0 saturated carbocycles. The lowest BCUT2D eigenvalue weighted by atomic mass is 10.1. The number of piperazine rings is 1. The van der Waals surface area contributed by atoms with Crippen LogP contribution in [0.5, 0.6) is 0 Å². The van der Waals surface area contributed by atoms with E-state index in [1.807, 2.05) is 6.92 Å². The first kappa shape index (κ1) is 14.2. The minimum absolute atomic E-state index is 0.328. The summed E-state index contributed by atoms with van der Waals surface area (Å²) in [6, 6.07) is 0.654. The molecule has 0 aliphatic carbocycles. The molecule has 2 fully saturated rings. The standard InChI is InChI=1S/C12H25N3O2S/c1-2-8-18(16,17)9-7-14-10-12(11-14)15-5-3-13-4-6-15/h12-13H,2-11H2,1H3. The van der Waals surface area contributed by atoms with Gasteiger partial charge in [-0.1, -0.05) is 6.92 Å². The molecular formula is C12H25N3O2S. The van der Waals surface area contributed by atoms with E-state index < -0.39 is 9.84 Å². The summed E-state index contributed by atoms with van der Waals surface area (Å²) in [6.45, 7) is 9.15. The van der Waals surface area contributed by atoms with E-state index in [0.717, 1.165) is 45.7 Å². The van der Waals surface area contributed by atoms with E-state index in [-0.39, 0.29) is 0 Å². The normalized spacial score (nSPS) is 24.1. The summed E-state index contributed by atoms with van der Waals surface area (Å²) in [7, 11) is -2.81. The monoisotopic (exact) mass is 275 g/mol. The molecule has 6 heteroatoms. The SMILES string of the molecule is CCCS(=O)(=O)CCN1CC(N2CCNCC2)C1. The van der Waals surface area contributed by atoms with Gasteiger partial charge in [0.2, 0.25) is 0 Å². The Morgan fingerprint density at radius 1 is 1.17 bits per heavy atom. The maximum absolute atomic E-state index is 11.6. The molecule has 2 heterocycles. The molecule has 18 heavy (non-hydrogen) atoms. The van der Waals surface area contributed by atoms with Gasteiger partial charge in [-0.05, 0) is 6.42 Å². The molecule has 2 aliphatic heterocycles. The van der Waals surface area contributed by atoms with Gasteiger partial charge in [0.1, 0.15) is 0 Å². The van der Waals surface area contributed by atoms with Crippen molar-refractivity contribution < 1.29 is 8.42 Å². The number of sulfone groups is 1. The van der Waals surface area contributed by atoms with Gasteiger partial charge < -0.3 is 5.32 Å². The highest BCUT2D eigenvalue weighted by Crippen LogP contribution is 2.15. The highest BCUT2D eigenvalue weighted by molar-refractivity contribution is 7.91. The molecule has 1 N–H and O–H groups in total. The zero-order valence-electron chi connectivity index (χ0n) is 11.3. The Bertz CT molecular complexity index is 346. The molecule has 0 amide bonds. The predicted molar refractivity (Wildman–Crippen MR) is 73.6 cm³/mol. The van der Waals surface area contributed by atoms with Crippen molar-refractivity contribution in [3.8, 4) is 0 Å². The number of hydrogen-bond acceptors (Lipinski definition) is 5. The fourth-order valence-corrected chi connectivity index (χ4v) is 4.05. The Morgan fingerprint density at radius 3 is 2.44 bits per heavy atom. The van der Waals surface area contributed by atoms with Gasteiger partial charge in [0, 0.05) is 57.6 Å². The second-order valence-electron chi connectivity index (χ2n) is 5.35. The van der Waals surface area contributed by atoms with E-state index in [1.54, 1.807) is 0 Å². The average Bonchev–Trinajstić information content (AvgIpc) is 2.28. The Balaban J connectivity index is 1.64. The van der Waals surface area contributed by atoms with E-state index in [0.29, 0.717) is 24.1 Å². The molecule has 0 radical (unpaired) electrons. The van der Waals surface area contributed by atoms with Crippen molar-refractivity contribution in [3.63, 3.8) is 0 Å². The van der Waals surface area contributed by atoms with Crippen molar-refractivity contribution in [2.75, 3.05) is 57.3 Å². The van der Waals surface area contributed by atoms with Crippen LogP contribution in [-0.2, 0) is 9.84 Å². The molecule has 0 spiro atoms. The van der Waals surface area contributed by atoms with Crippen molar-refractivity contribution in [2.24, 2.45) is 0 Å². The van der Waals surface area contributed by atoms with Crippen molar-refractivity contribution in [3.05, 3.63) is 0 Å². The topological polar surface area (TPSA) is 52.7 Å². The highest BCUT2D eigenvalue weighted by atomic mass is 32.2. The van der Waals surface area contributed by atoms with Crippen molar-refractivity contribution in [1.82, 2.24) is 15.1 Å². The van der Waals surface area contributed by atoms with Gasteiger partial charge in [0.15, 0.2) is 9.84 Å². The average molecular weight is 275 g/mol. The van der Waals surface area contributed by atoms with Crippen LogP contribution in [-0.4, -0.2) is 81.6 Å². The predicted octanol–water partition coefficient (Wildman–Crippen LogP) is -0.599. The van der Waals surface area contributed by atoms with Gasteiger partial charge >= 0.3 is 0 Å². The van der Waals surface area contributed by atoms with Crippen LogP contribution >= 0.6 is 0 Å². The molecule has 0 atom stereocenters. The second kappa shape index (κ2) is 6.32. The number of nitrogens with one attached hydrogen (secondary N) is 1. The fourth-order valence-electron chi connectivity index (χ4n) is 2.68. The van der Waals surface area contributed by atoms with E-state index in [9.17, 15) is 8.42 Å². The van der Waals surface area contributed by atoms with Gasteiger partial charge in [-0.3, -0.25) is 9.80 Å². The van der Waals surface area contributed by atoms with E-state index in [2.05, 4.69) is 15.1 Å². The zero-order chi connectivity index (χ0) is 13.0. The molecular weight excluding hydrogens is 250 g/mol. The number of rotatable bonds is 6. The molecule has 106 valence electrons. The van der Waals surface area contributed by atoms with Crippen LogP contribution in [0, 0.1) is 0 Å². The smallest absolute Gasteiger partial charge is 0.151 e. The lowest BCUT2D eigenvalue weighted by molar-refractivity contribution is 0.0314. The largest absolute Gasteiger partial charge is 0.314 e. The first-order valence-electron chi connectivity index (χ1n) is 6.98. The third-order valence-electron chi connectivity index (χ3n) is 3.84. The summed E-state index contributed by atoms with van der Waals surface area (Å²) in [5.74, 6) is 0.664. The summed E-state index contributed by atoms with van der Waals surface area (Å²) >= 11 is 0. The molecule has 2 saturated heterocycles. The minimum atomic E-state index is -2.81. The summed E-state index contributed by atoms with van der Waals surface area (Å²) in [4.78, 5) is 4.79. The molecule has 5 nitrogen and oxygen atoms in total. The number of hydrogen-bond donors (Lipinski definition) is 1. The molecule has 0 aromatic carbocycles. The van der Waals surface area contributed by atoms with E-state index in [1.165, 1.54) is 0 Å². The van der Waals surface area contributed by atoms with Gasteiger partial charge in [0.05, 0.1) is 5.75 Å². The van der Waals surface area contributed by atoms with Crippen LogP contribution in [0.2, 0.25) is 0 Å². The van der Waals surface area contributed by atoms with E-state index in [4.69, 9.17) is 0 Å². The summed E-state index contributed by atoms with van der Waals surface area (Å²) in [5, 5.41) is 3.35. The summed E-state index contributed by atoms with van der Waals surface area (Å²) < 4.78 is 23.2. The first-order chi connectivity index (χ1) is 8.61. The summed E-state index contributed by atoms with van der Waals surface area (Å²) in [5.41, 5.74) is 0. The molecule has 0 unspecified atom stereocenters. The maximum Gasteiger partial charge on any atom is 0.151 e. The van der Waals surface area contributed by atoms with Crippen LogP contribution in [0.25, 0.3) is 0 Å². The Labute approximate surface area is 110 Å². The van der Waals surface area contributed by atoms with Crippen LogP contribution < -0.4 is 5.32 Å². The third-order valence-corrected chi connectivity index (χ3v) is 5.67. The highest BCUT2D eigenvalue weighted by Gasteiger charge is 2.32. The first-order valence-corrected chi connectivity index (χ1v) is 8.80. The molecule has 0 bridgehead atoms. The van der Waals surface area contributed by atoms with Gasteiger partial charge in [-0.15, -0.1) is 0 Å². The zero-order valence-corrected chi connectivity index (χ0v) is 12.1. The lowest BCUT2D eigenvalue weighted by Crippen LogP contribution is -2.63. The molecule has 2 aliphatic rings. The quantitative estimate of drug-likeness (QED) is 0.701. The van der Waals surface area contributed by atoms with Gasteiger partial charge in [-0.25, -0.2) is 8.42 Å². The third kappa shape index (κ3) is 3.91. The van der Waals surface area contributed by atoms with Crippen molar-refractivity contribution in [2.45, 2.75) is 19.4 Å². The molecule has 2 rings (SSSR count). The number of nitrogens with zero attached hydrogens (tertiary/aromatic N) is 2. The molecule has 0 aromatic heterocycles. The van der Waals surface area contributed by atoms with Crippen LogP contribution in [0.15, 0.2) is 0 Å². The minimum Gasteiger partial charge on any atom is -0.314 e. The maximum atomic E-state index is 11.6. The Hall–Kier alpha value is -0.170. The molecule has 0 aromatic rings. The number of likely N-dealkylation sites (tertiary alicyclic amines) is 1. The second-order valence-corrected chi connectivity index (χ2v) is 7.65. The Kier molecular flexibility index (Phi) is 5.00. The van der Waals surface area contributed by atoms with Gasteiger partial charge in [0.25, 0.3) is 0 Å².